The highest BCUT2D eigenvalue weighted by Gasteiger charge is 2.12. The zero-order valence-corrected chi connectivity index (χ0v) is 26.4. The molecular weight excluding hydrogens is 536 g/mol. The van der Waals surface area contributed by atoms with Gasteiger partial charge in [0.2, 0.25) is 0 Å². The van der Waals surface area contributed by atoms with Crippen molar-refractivity contribution >= 4 is 16.9 Å². The van der Waals surface area contributed by atoms with Gasteiger partial charge in [-0.15, -0.1) is 0 Å². The van der Waals surface area contributed by atoms with Crippen molar-refractivity contribution in [3.8, 4) is 33.5 Å². The second kappa shape index (κ2) is 15.9. The van der Waals surface area contributed by atoms with Crippen LogP contribution in [0.5, 0.6) is 0 Å². The Morgan fingerprint density at radius 2 is 1.25 bits per heavy atom. The van der Waals surface area contributed by atoms with E-state index in [9.17, 15) is 0 Å². The monoisotopic (exact) mass is 578 g/mol. The molecule has 222 valence electrons. The summed E-state index contributed by atoms with van der Waals surface area (Å²) in [5.74, 6) is 0.769. The lowest BCUT2D eigenvalue weighted by molar-refractivity contribution is 0.963. The van der Waals surface area contributed by atoms with Crippen LogP contribution in [-0.2, 0) is 6.42 Å². The van der Waals surface area contributed by atoms with Gasteiger partial charge in [-0.25, -0.2) is 9.97 Å². The van der Waals surface area contributed by atoms with Crippen LogP contribution in [0.1, 0.15) is 37.9 Å². The number of allylic oxidation sites excluding steroid dienone is 5. The molecule has 4 nitrogen and oxygen atoms in total. The molecule has 0 atom stereocenters. The first-order valence-electron chi connectivity index (χ1n) is 15.2. The van der Waals surface area contributed by atoms with Crippen LogP contribution in [0.3, 0.4) is 0 Å². The largest absolute Gasteiger partial charge is 0.388 e. The van der Waals surface area contributed by atoms with Gasteiger partial charge in [-0.2, -0.15) is 0 Å². The van der Waals surface area contributed by atoms with Gasteiger partial charge in [0.25, 0.3) is 0 Å². The number of aromatic nitrogens is 2. The van der Waals surface area contributed by atoms with Crippen molar-refractivity contribution in [1.82, 2.24) is 9.97 Å². The first-order chi connectivity index (χ1) is 21.6. The van der Waals surface area contributed by atoms with E-state index in [-0.39, 0.29) is 0 Å². The van der Waals surface area contributed by atoms with E-state index in [1.807, 2.05) is 65.2 Å². The van der Waals surface area contributed by atoms with Crippen LogP contribution in [0.25, 0.3) is 39.1 Å². The third-order valence-electron chi connectivity index (χ3n) is 7.15. The SMILES string of the molecule is C=C/C=C(\C=C/C)c1cc(-c2ccccc2)nc(Cc2cc(-c3ccc(NC)cc3)cc(-c3ccc(NC)cc3)c2)n1.CC. The number of hydrogen-bond acceptors (Lipinski definition) is 4. The topological polar surface area (TPSA) is 49.8 Å². The molecule has 0 unspecified atom stereocenters. The number of hydrogen-bond donors (Lipinski definition) is 2. The summed E-state index contributed by atoms with van der Waals surface area (Å²) in [5.41, 5.74) is 11.8. The van der Waals surface area contributed by atoms with Crippen molar-refractivity contribution in [1.29, 1.82) is 0 Å². The van der Waals surface area contributed by atoms with E-state index >= 15 is 0 Å². The van der Waals surface area contributed by atoms with Crippen LogP contribution in [-0.4, -0.2) is 24.1 Å². The molecule has 0 aliphatic carbocycles. The predicted molar refractivity (Wildman–Crippen MR) is 191 cm³/mol. The average molecular weight is 579 g/mol. The standard InChI is InChI=1S/C38H36N4.C2H6/c1-5-10-30(11-6-2)36-26-37(31-12-8-7-9-13-31)42-38(41-36)24-27-22-32(28-14-18-34(39-3)19-15-28)25-33(23-27)29-16-20-35(40-4)21-17-29;1-2/h5-23,25-26,39-40H,1,24H2,2-4H3;1-2H3/b11-6-,30-10+;. The molecule has 0 fully saturated rings. The average Bonchev–Trinajstić information content (AvgIpc) is 3.09. The highest BCUT2D eigenvalue weighted by molar-refractivity contribution is 5.77. The van der Waals surface area contributed by atoms with Gasteiger partial charge in [-0.3, -0.25) is 0 Å². The summed E-state index contributed by atoms with van der Waals surface area (Å²) in [6.07, 6.45) is 8.46. The quantitative estimate of drug-likeness (QED) is 0.162. The predicted octanol–water partition coefficient (Wildman–Crippen LogP) is 10.3. The number of anilines is 2. The molecule has 0 saturated carbocycles. The molecule has 2 N–H and O–H groups in total. The zero-order valence-electron chi connectivity index (χ0n) is 26.4. The fourth-order valence-electron chi connectivity index (χ4n) is 4.98. The summed E-state index contributed by atoms with van der Waals surface area (Å²) in [4.78, 5) is 10.1. The summed E-state index contributed by atoms with van der Waals surface area (Å²) in [5, 5.41) is 6.42. The van der Waals surface area contributed by atoms with E-state index in [4.69, 9.17) is 9.97 Å². The zero-order chi connectivity index (χ0) is 31.3. The summed E-state index contributed by atoms with van der Waals surface area (Å²) in [6.45, 7) is 9.93. The molecule has 0 aliphatic heterocycles. The Morgan fingerprint density at radius 1 is 0.682 bits per heavy atom. The third kappa shape index (κ3) is 7.99. The van der Waals surface area contributed by atoms with E-state index in [0.717, 1.165) is 67.5 Å². The smallest absolute Gasteiger partial charge is 0.134 e. The van der Waals surface area contributed by atoms with E-state index in [1.54, 1.807) is 6.08 Å². The first-order valence-corrected chi connectivity index (χ1v) is 15.2. The molecule has 0 radical (unpaired) electrons. The highest BCUT2D eigenvalue weighted by Crippen LogP contribution is 2.31. The maximum atomic E-state index is 5.05. The van der Waals surface area contributed by atoms with Crippen molar-refractivity contribution in [3.05, 3.63) is 151 Å². The molecule has 4 heteroatoms. The second-order valence-corrected chi connectivity index (χ2v) is 10.0. The van der Waals surface area contributed by atoms with Crippen LogP contribution >= 0.6 is 0 Å². The fourth-order valence-corrected chi connectivity index (χ4v) is 4.98. The van der Waals surface area contributed by atoms with Gasteiger partial charge in [0.1, 0.15) is 5.82 Å². The molecule has 4 aromatic carbocycles. The van der Waals surface area contributed by atoms with Crippen molar-refractivity contribution in [2.45, 2.75) is 27.2 Å². The van der Waals surface area contributed by atoms with Crippen LogP contribution in [0.15, 0.2) is 134 Å². The first kappa shape index (κ1) is 31.7. The van der Waals surface area contributed by atoms with Crippen LogP contribution in [0.4, 0.5) is 11.4 Å². The lowest BCUT2D eigenvalue weighted by Gasteiger charge is -2.13. The van der Waals surface area contributed by atoms with Crippen LogP contribution < -0.4 is 10.6 Å². The normalized spacial score (nSPS) is 11.1. The summed E-state index contributed by atoms with van der Waals surface area (Å²) < 4.78 is 0. The van der Waals surface area contributed by atoms with E-state index < -0.39 is 0 Å². The van der Waals surface area contributed by atoms with Crippen LogP contribution in [0, 0.1) is 0 Å². The minimum Gasteiger partial charge on any atom is -0.388 e. The van der Waals surface area contributed by atoms with Gasteiger partial charge in [0.05, 0.1) is 11.4 Å². The molecule has 5 aromatic rings. The van der Waals surface area contributed by atoms with Gasteiger partial charge in [-0.05, 0) is 76.7 Å². The van der Waals surface area contributed by atoms with Crippen molar-refractivity contribution in [2.24, 2.45) is 0 Å². The van der Waals surface area contributed by atoms with E-state index in [0.29, 0.717) is 6.42 Å². The minimum absolute atomic E-state index is 0.592. The Morgan fingerprint density at radius 3 is 1.75 bits per heavy atom. The fraction of sp³-hybridized carbons (Fsp3) is 0.150. The third-order valence-corrected chi connectivity index (χ3v) is 7.15. The van der Waals surface area contributed by atoms with Gasteiger partial charge < -0.3 is 10.6 Å². The molecular formula is C40H42N4. The van der Waals surface area contributed by atoms with Crippen molar-refractivity contribution in [3.63, 3.8) is 0 Å². The molecule has 0 aliphatic rings. The summed E-state index contributed by atoms with van der Waals surface area (Å²) in [7, 11) is 3.87. The minimum atomic E-state index is 0.592. The Kier molecular flexibility index (Phi) is 11.4. The Labute approximate surface area is 263 Å². The molecule has 5 rings (SSSR count). The molecule has 0 saturated heterocycles. The lowest BCUT2D eigenvalue weighted by atomic mass is 9.94. The van der Waals surface area contributed by atoms with E-state index in [1.165, 1.54) is 0 Å². The Bertz CT molecular complexity index is 1650. The molecule has 1 heterocycles. The molecule has 1 aromatic heterocycles. The summed E-state index contributed by atoms with van der Waals surface area (Å²) >= 11 is 0. The highest BCUT2D eigenvalue weighted by atomic mass is 14.9. The molecule has 0 bridgehead atoms. The van der Waals surface area contributed by atoms with Gasteiger partial charge in [0, 0.05) is 37.5 Å². The van der Waals surface area contributed by atoms with Crippen molar-refractivity contribution in [2.75, 3.05) is 24.7 Å². The van der Waals surface area contributed by atoms with Gasteiger partial charge in [0.15, 0.2) is 0 Å². The Hall–Kier alpha value is -5.22. The van der Waals surface area contributed by atoms with Crippen molar-refractivity contribution < 1.29 is 0 Å². The summed E-state index contributed by atoms with van der Waals surface area (Å²) in [6, 6.07) is 36.2. The number of rotatable bonds is 10. The van der Waals surface area contributed by atoms with Gasteiger partial charge >= 0.3 is 0 Å². The lowest BCUT2D eigenvalue weighted by Crippen LogP contribution is -2.03. The second-order valence-electron chi connectivity index (χ2n) is 10.0. The molecule has 0 spiro atoms. The number of nitrogens with one attached hydrogen (secondary N) is 2. The Balaban J connectivity index is 0.00000216. The maximum Gasteiger partial charge on any atom is 0.134 e. The van der Waals surface area contributed by atoms with Gasteiger partial charge in [-0.1, -0.05) is 111 Å². The molecule has 0 amide bonds. The maximum absolute atomic E-state index is 5.05. The van der Waals surface area contributed by atoms with E-state index in [2.05, 4.69) is 108 Å². The molecule has 44 heavy (non-hydrogen) atoms. The van der Waals surface area contributed by atoms with Crippen LogP contribution in [0.2, 0.25) is 0 Å². The number of benzene rings is 4. The number of nitrogens with zero attached hydrogens (tertiary/aromatic N) is 2.